The number of anilines is 3. The first-order valence-electron chi connectivity index (χ1n) is 10.8. The largest absolute Gasteiger partial charge is 0.485 e. The molecule has 1 amide bonds. The van der Waals surface area contributed by atoms with E-state index < -0.39 is 11.9 Å². The Balaban J connectivity index is 1.37. The molecule has 0 bridgehead atoms. The number of imidazole rings is 1. The molecule has 0 spiro atoms. The highest BCUT2D eigenvalue weighted by molar-refractivity contribution is 5.72. The summed E-state index contributed by atoms with van der Waals surface area (Å²) >= 11 is 0. The second kappa shape index (κ2) is 8.57. The molecule has 10 nitrogen and oxygen atoms in total. The highest BCUT2D eigenvalue weighted by Gasteiger charge is 2.32. The van der Waals surface area contributed by atoms with E-state index >= 15 is 0 Å². The predicted octanol–water partition coefficient (Wildman–Crippen LogP) is 3.10. The van der Waals surface area contributed by atoms with Crippen molar-refractivity contribution in [2.45, 2.75) is 18.9 Å². The van der Waals surface area contributed by atoms with Crippen LogP contribution in [0.2, 0.25) is 0 Å². The number of aryl methyl sites for hydroxylation is 1. The number of carbonyl (C=O) groups is 1. The summed E-state index contributed by atoms with van der Waals surface area (Å²) in [6.45, 7) is 2.05. The van der Waals surface area contributed by atoms with Crippen LogP contribution in [0.5, 0.6) is 5.75 Å². The van der Waals surface area contributed by atoms with E-state index in [1.54, 1.807) is 24.5 Å². The Morgan fingerprint density at radius 3 is 2.73 bits per heavy atom. The van der Waals surface area contributed by atoms with Gasteiger partial charge in [-0.2, -0.15) is 0 Å². The number of aromatic nitrogens is 4. The fourth-order valence-corrected chi connectivity index (χ4v) is 4.39. The standard InChI is InChI=1S/C22H24FN7O3/c1-28-9-6-24-20(28)14-2-3-17(16(23)12-14)27-19-18-21(26-13-25-19)30(10-11-33-18)15-4-7-29(8-5-15)22(31)32/h2-3,6,9,12-13,15H,4-5,7-8,10-11H2,1H3,(H,31,32)(H,25,26,27). The van der Waals surface area contributed by atoms with Crippen LogP contribution in [0.25, 0.3) is 11.4 Å². The lowest BCUT2D eigenvalue weighted by atomic mass is 10.0. The van der Waals surface area contributed by atoms with Gasteiger partial charge in [-0.25, -0.2) is 24.1 Å². The van der Waals surface area contributed by atoms with Crippen LogP contribution in [-0.4, -0.2) is 67.9 Å². The van der Waals surface area contributed by atoms with Crippen LogP contribution >= 0.6 is 0 Å². The first-order valence-corrected chi connectivity index (χ1v) is 10.8. The molecule has 2 aliphatic rings. The quantitative estimate of drug-likeness (QED) is 0.620. The molecule has 1 fully saturated rings. The van der Waals surface area contributed by atoms with Gasteiger partial charge in [-0.15, -0.1) is 0 Å². The van der Waals surface area contributed by atoms with Gasteiger partial charge in [-0.3, -0.25) is 0 Å². The summed E-state index contributed by atoms with van der Waals surface area (Å²) in [6.07, 6.45) is 5.43. The number of ether oxygens (including phenoxy) is 1. The lowest BCUT2D eigenvalue weighted by molar-refractivity contribution is 0.130. The third-order valence-electron chi connectivity index (χ3n) is 6.11. The number of amides is 1. The normalized spacial score (nSPS) is 16.3. The minimum Gasteiger partial charge on any atom is -0.485 e. The van der Waals surface area contributed by atoms with Gasteiger partial charge >= 0.3 is 6.09 Å². The number of piperidine rings is 1. The Labute approximate surface area is 189 Å². The van der Waals surface area contributed by atoms with Gasteiger partial charge in [0.2, 0.25) is 5.75 Å². The van der Waals surface area contributed by atoms with E-state index in [0.29, 0.717) is 67.9 Å². The monoisotopic (exact) mass is 453 g/mol. The van der Waals surface area contributed by atoms with Gasteiger partial charge in [0.1, 0.15) is 24.6 Å². The minimum absolute atomic E-state index is 0.153. The summed E-state index contributed by atoms with van der Waals surface area (Å²) in [5.41, 5.74) is 0.940. The number of fused-ring (bicyclic) bond motifs is 1. The zero-order chi connectivity index (χ0) is 22.9. The van der Waals surface area contributed by atoms with Gasteiger partial charge in [0.25, 0.3) is 0 Å². The van der Waals surface area contributed by atoms with Crippen LogP contribution < -0.4 is 15.0 Å². The Hall–Kier alpha value is -3.89. The molecule has 1 aromatic carbocycles. The molecule has 5 rings (SSSR count). The predicted molar refractivity (Wildman–Crippen MR) is 119 cm³/mol. The SMILES string of the molecule is Cn1ccnc1-c1ccc(Nc2ncnc3c2OCCN3C2CCN(C(=O)O)CC2)c(F)c1. The molecule has 1 saturated heterocycles. The smallest absolute Gasteiger partial charge is 0.407 e. The maximum absolute atomic E-state index is 14.9. The average Bonchev–Trinajstić information content (AvgIpc) is 3.26. The fourth-order valence-electron chi connectivity index (χ4n) is 4.39. The van der Waals surface area contributed by atoms with Crippen LogP contribution in [0.15, 0.2) is 36.9 Å². The van der Waals surface area contributed by atoms with E-state index in [9.17, 15) is 14.3 Å². The maximum Gasteiger partial charge on any atom is 0.407 e. The van der Waals surface area contributed by atoms with E-state index in [0.717, 1.165) is 0 Å². The molecule has 2 aliphatic heterocycles. The van der Waals surface area contributed by atoms with Gasteiger partial charge in [-0.1, -0.05) is 0 Å². The Kier molecular flexibility index (Phi) is 5.45. The number of nitrogens with zero attached hydrogens (tertiary/aromatic N) is 6. The van der Waals surface area contributed by atoms with Crippen molar-refractivity contribution < 1.29 is 19.0 Å². The van der Waals surface area contributed by atoms with Crippen molar-refractivity contribution >= 4 is 23.4 Å². The Morgan fingerprint density at radius 2 is 2.03 bits per heavy atom. The first kappa shape index (κ1) is 21.0. The second-order valence-electron chi connectivity index (χ2n) is 8.10. The van der Waals surface area contributed by atoms with Crippen LogP contribution in [-0.2, 0) is 7.05 Å². The molecule has 2 N–H and O–H groups in total. The summed E-state index contributed by atoms with van der Waals surface area (Å²) in [4.78, 5) is 27.8. The highest BCUT2D eigenvalue weighted by Crippen LogP contribution is 2.39. The zero-order valence-electron chi connectivity index (χ0n) is 18.1. The van der Waals surface area contributed by atoms with E-state index in [1.165, 1.54) is 17.3 Å². The number of carboxylic acid groups (broad SMARTS) is 1. The summed E-state index contributed by atoms with van der Waals surface area (Å²) in [6, 6.07) is 5.03. The molecule has 0 saturated carbocycles. The van der Waals surface area contributed by atoms with Crippen molar-refractivity contribution in [3.8, 4) is 17.1 Å². The number of nitrogens with one attached hydrogen (secondary N) is 1. The molecule has 3 aromatic rings. The Bertz CT molecular complexity index is 1180. The third-order valence-corrected chi connectivity index (χ3v) is 6.11. The first-order chi connectivity index (χ1) is 16.0. The van der Waals surface area contributed by atoms with Gasteiger partial charge in [0.15, 0.2) is 11.6 Å². The number of hydrogen-bond acceptors (Lipinski definition) is 7. The Morgan fingerprint density at radius 1 is 1.21 bits per heavy atom. The molecule has 11 heteroatoms. The van der Waals surface area contributed by atoms with Gasteiger partial charge < -0.3 is 29.5 Å². The summed E-state index contributed by atoms with van der Waals surface area (Å²) in [5.74, 6) is 1.73. The number of rotatable bonds is 4. The summed E-state index contributed by atoms with van der Waals surface area (Å²) in [7, 11) is 1.86. The lowest BCUT2D eigenvalue weighted by Gasteiger charge is -2.40. The van der Waals surface area contributed by atoms with Crippen molar-refractivity contribution in [1.29, 1.82) is 0 Å². The van der Waals surface area contributed by atoms with Crippen LogP contribution in [0.1, 0.15) is 12.8 Å². The summed E-state index contributed by atoms with van der Waals surface area (Å²) in [5, 5.41) is 12.2. The van der Waals surface area contributed by atoms with Gasteiger partial charge in [-0.05, 0) is 31.0 Å². The lowest BCUT2D eigenvalue weighted by Crippen LogP contribution is -2.49. The minimum atomic E-state index is -0.888. The van der Waals surface area contributed by atoms with Crippen LogP contribution in [0, 0.1) is 5.82 Å². The molecule has 0 atom stereocenters. The van der Waals surface area contributed by atoms with E-state index in [1.807, 2.05) is 11.6 Å². The number of benzene rings is 1. The van der Waals surface area contributed by atoms with E-state index in [2.05, 4.69) is 25.2 Å². The number of halogens is 1. The van der Waals surface area contributed by atoms with Crippen LogP contribution in [0.4, 0.5) is 26.5 Å². The molecular weight excluding hydrogens is 429 g/mol. The molecule has 0 unspecified atom stereocenters. The van der Waals surface area contributed by atoms with E-state index in [4.69, 9.17) is 4.74 Å². The zero-order valence-corrected chi connectivity index (χ0v) is 18.1. The van der Waals surface area contributed by atoms with Gasteiger partial charge in [0.05, 0.1) is 12.2 Å². The van der Waals surface area contributed by atoms with E-state index in [-0.39, 0.29) is 11.7 Å². The highest BCUT2D eigenvalue weighted by atomic mass is 19.1. The third kappa shape index (κ3) is 4.01. The molecule has 2 aromatic heterocycles. The van der Waals surface area contributed by atoms with Crippen molar-refractivity contribution in [3.63, 3.8) is 0 Å². The van der Waals surface area contributed by atoms with Crippen molar-refractivity contribution in [1.82, 2.24) is 24.4 Å². The molecule has 4 heterocycles. The van der Waals surface area contributed by atoms with Crippen molar-refractivity contribution in [2.75, 3.05) is 36.5 Å². The molecular formula is C22H24FN7O3. The molecule has 0 aliphatic carbocycles. The second-order valence-corrected chi connectivity index (χ2v) is 8.10. The topological polar surface area (TPSA) is 109 Å². The molecule has 172 valence electrons. The fraction of sp³-hybridized carbons (Fsp3) is 0.364. The maximum atomic E-state index is 14.9. The van der Waals surface area contributed by atoms with Crippen LogP contribution in [0.3, 0.4) is 0 Å². The van der Waals surface area contributed by atoms with Crippen molar-refractivity contribution in [3.05, 3.63) is 42.7 Å². The number of likely N-dealkylation sites (tertiary alicyclic amines) is 1. The molecule has 0 radical (unpaired) electrons. The summed E-state index contributed by atoms with van der Waals surface area (Å²) < 4.78 is 22.6. The van der Waals surface area contributed by atoms with Crippen molar-refractivity contribution in [2.24, 2.45) is 7.05 Å². The number of hydrogen-bond donors (Lipinski definition) is 2. The average molecular weight is 453 g/mol. The van der Waals surface area contributed by atoms with Gasteiger partial charge in [0, 0.05) is 44.1 Å². The molecule has 33 heavy (non-hydrogen) atoms.